The summed E-state index contributed by atoms with van der Waals surface area (Å²) in [5, 5.41) is -0.272. The van der Waals surface area contributed by atoms with Gasteiger partial charge in [0.15, 0.2) is 5.76 Å². The predicted octanol–water partition coefficient (Wildman–Crippen LogP) is 1.05. The molecule has 24 heavy (non-hydrogen) atoms. The molecule has 2 aromatic rings. The molecule has 0 bridgehead atoms. The van der Waals surface area contributed by atoms with E-state index in [1.165, 1.54) is 16.4 Å². The zero-order chi connectivity index (χ0) is 17.3. The summed E-state index contributed by atoms with van der Waals surface area (Å²) in [5.74, 6) is -0.182. The number of primary amides is 1. The standard InChI is InChI=1S/C14H15BrN4O4S/c15-10-1-3-12(17-9-10)18-5-7-19(8-6-18)24(21,22)13-4-2-11(23-13)14(16)20/h1-4,9H,5-8H2,(H2,16,20). The van der Waals surface area contributed by atoms with E-state index < -0.39 is 15.9 Å². The van der Waals surface area contributed by atoms with Gasteiger partial charge in [0.1, 0.15) is 5.82 Å². The lowest BCUT2D eigenvalue weighted by Crippen LogP contribution is -2.48. The van der Waals surface area contributed by atoms with Gasteiger partial charge in [-0.3, -0.25) is 4.79 Å². The highest BCUT2D eigenvalue weighted by atomic mass is 79.9. The van der Waals surface area contributed by atoms with E-state index in [0.29, 0.717) is 26.2 Å². The van der Waals surface area contributed by atoms with Gasteiger partial charge in [0, 0.05) is 36.8 Å². The molecule has 1 amide bonds. The second kappa shape index (κ2) is 6.54. The maximum Gasteiger partial charge on any atom is 0.284 e. The molecule has 2 aromatic heterocycles. The fourth-order valence-electron chi connectivity index (χ4n) is 2.43. The molecule has 1 aliphatic heterocycles. The van der Waals surface area contributed by atoms with Gasteiger partial charge >= 0.3 is 0 Å². The summed E-state index contributed by atoms with van der Waals surface area (Å²) in [4.78, 5) is 17.4. The van der Waals surface area contributed by atoms with Crippen LogP contribution >= 0.6 is 15.9 Å². The Morgan fingerprint density at radius 1 is 1.17 bits per heavy atom. The number of aromatic nitrogens is 1. The molecule has 0 spiro atoms. The first-order valence-electron chi connectivity index (χ1n) is 7.14. The van der Waals surface area contributed by atoms with Crippen LogP contribution in [0.5, 0.6) is 0 Å². The summed E-state index contributed by atoms with van der Waals surface area (Å²) in [7, 11) is -3.78. The summed E-state index contributed by atoms with van der Waals surface area (Å²) in [5.41, 5.74) is 5.08. The summed E-state index contributed by atoms with van der Waals surface area (Å²) >= 11 is 3.33. The number of rotatable bonds is 4. The highest BCUT2D eigenvalue weighted by Crippen LogP contribution is 2.22. The van der Waals surface area contributed by atoms with Crippen molar-refractivity contribution >= 4 is 37.7 Å². The minimum Gasteiger partial charge on any atom is -0.438 e. The van der Waals surface area contributed by atoms with Crippen molar-refractivity contribution in [2.45, 2.75) is 5.09 Å². The number of amides is 1. The third kappa shape index (κ3) is 3.30. The number of pyridine rings is 1. The molecule has 8 nitrogen and oxygen atoms in total. The fourth-order valence-corrected chi connectivity index (χ4v) is 4.00. The Morgan fingerprint density at radius 3 is 2.42 bits per heavy atom. The van der Waals surface area contributed by atoms with E-state index in [9.17, 15) is 13.2 Å². The number of carbonyl (C=O) groups excluding carboxylic acids is 1. The van der Waals surface area contributed by atoms with Crippen molar-refractivity contribution in [1.29, 1.82) is 0 Å². The van der Waals surface area contributed by atoms with Crippen molar-refractivity contribution in [1.82, 2.24) is 9.29 Å². The number of carbonyl (C=O) groups is 1. The Bertz CT molecular complexity index is 842. The van der Waals surface area contributed by atoms with Gasteiger partial charge in [0.2, 0.25) is 5.09 Å². The molecule has 0 unspecified atom stereocenters. The zero-order valence-electron chi connectivity index (χ0n) is 12.6. The van der Waals surface area contributed by atoms with Crippen LogP contribution < -0.4 is 10.6 Å². The van der Waals surface area contributed by atoms with Gasteiger partial charge in [0.05, 0.1) is 0 Å². The highest BCUT2D eigenvalue weighted by Gasteiger charge is 2.31. The minimum absolute atomic E-state index is 0.175. The Hall–Kier alpha value is -1.91. The van der Waals surface area contributed by atoms with Crippen LogP contribution in [0.3, 0.4) is 0 Å². The van der Waals surface area contributed by atoms with Gasteiger partial charge in [-0.05, 0) is 40.2 Å². The van der Waals surface area contributed by atoms with Crippen LogP contribution in [-0.4, -0.2) is 49.8 Å². The van der Waals surface area contributed by atoms with Crippen LogP contribution in [-0.2, 0) is 10.0 Å². The Labute approximate surface area is 147 Å². The summed E-state index contributed by atoms with van der Waals surface area (Å²) in [6.07, 6.45) is 1.70. The summed E-state index contributed by atoms with van der Waals surface area (Å²) in [6, 6.07) is 6.27. The van der Waals surface area contributed by atoms with E-state index in [0.717, 1.165) is 10.3 Å². The molecule has 0 radical (unpaired) electrons. The molecule has 0 saturated carbocycles. The molecule has 3 heterocycles. The first kappa shape index (κ1) is 16.9. The Balaban J connectivity index is 1.71. The van der Waals surface area contributed by atoms with Crippen LogP contribution in [0.25, 0.3) is 0 Å². The van der Waals surface area contributed by atoms with Crippen molar-refractivity contribution in [2.75, 3.05) is 31.1 Å². The van der Waals surface area contributed by atoms with Gasteiger partial charge in [-0.1, -0.05) is 0 Å². The lowest BCUT2D eigenvalue weighted by Gasteiger charge is -2.34. The van der Waals surface area contributed by atoms with Crippen molar-refractivity contribution in [2.24, 2.45) is 5.73 Å². The summed E-state index contributed by atoms with van der Waals surface area (Å²) in [6.45, 7) is 1.62. The normalized spacial score (nSPS) is 16.3. The van der Waals surface area contributed by atoms with E-state index >= 15 is 0 Å². The molecule has 1 fully saturated rings. The lowest BCUT2D eigenvalue weighted by atomic mass is 10.3. The van der Waals surface area contributed by atoms with Crippen LogP contribution in [0.15, 0.2) is 44.4 Å². The van der Waals surface area contributed by atoms with E-state index in [-0.39, 0.29) is 10.9 Å². The number of hydrogen-bond acceptors (Lipinski definition) is 6. The molecule has 1 saturated heterocycles. The highest BCUT2D eigenvalue weighted by molar-refractivity contribution is 9.10. The molecule has 0 aliphatic carbocycles. The van der Waals surface area contributed by atoms with Crippen LogP contribution in [0.4, 0.5) is 5.82 Å². The number of nitrogens with two attached hydrogens (primary N) is 1. The third-order valence-corrected chi connectivity index (χ3v) is 5.93. The van der Waals surface area contributed by atoms with E-state index in [2.05, 4.69) is 20.9 Å². The van der Waals surface area contributed by atoms with Crippen molar-refractivity contribution < 1.29 is 17.6 Å². The molecule has 0 aromatic carbocycles. The van der Waals surface area contributed by atoms with E-state index in [4.69, 9.17) is 10.2 Å². The molecular formula is C14H15BrN4O4S. The van der Waals surface area contributed by atoms with Gasteiger partial charge in [0.25, 0.3) is 15.9 Å². The van der Waals surface area contributed by atoms with Crippen molar-refractivity contribution in [3.8, 4) is 0 Å². The van der Waals surface area contributed by atoms with E-state index in [1.807, 2.05) is 17.0 Å². The smallest absolute Gasteiger partial charge is 0.284 e. The molecule has 0 atom stereocenters. The largest absolute Gasteiger partial charge is 0.438 e. The Morgan fingerprint density at radius 2 is 1.88 bits per heavy atom. The second-order valence-corrected chi connectivity index (χ2v) is 7.99. The van der Waals surface area contributed by atoms with Crippen LogP contribution in [0.2, 0.25) is 0 Å². The van der Waals surface area contributed by atoms with Crippen molar-refractivity contribution in [3.05, 3.63) is 40.7 Å². The van der Waals surface area contributed by atoms with Gasteiger partial charge in [-0.15, -0.1) is 0 Å². The molecule has 2 N–H and O–H groups in total. The van der Waals surface area contributed by atoms with E-state index in [1.54, 1.807) is 6.20 Å². The number of halogens is 1. The number of sulfonamides is 1. The first-order valence-corrected chi connectivity index (χ1v) is 9.37. The molecule has 3 rings (SSSR count). The minimum atomic E-state index is -3.78. The predicted molar refractivity (Wildman–Crippen MR) is 90.1 cm³/mol. The van der Waals surface area contributed by atoms with Crippen molar-refractivity contribution in [3.63, 3.8) is 0 Å². The Kier molecular flexibility index (Phi) is 4.61. The maximum atomic E-state index is 12.6. The number of anilines is 1. The molecule has 10 heteroatoms. The SMILES string of the molecule is NC(=O)c1ccc(S(=O)(=O)N2CCN(c3ccc(Br)cn3)CC2)o1. The average molecular weight is 415 g/mol. The third-order valence-electron chi connectivity index (χ3n) is 3.69. The first-order chi connectivity index (χ1) is 11.4. The maximum absolute atomic E-state index is 12.6. The van der Waals surface area contributed by atoms with Crippen LogP contribution in [0, 0.1) is 0 Å². The topological polar surface area (TPSA) is 110 Å². The van der Waals surface area contributed by atoms with Gasteiger partial charge in [-0.25, -0.2) is 13.4 Å². The second-order valence-electron chi connectivity index (χ2n) is 5.21. The number of piperazine rings is 1. The zero-order valence-corrected chi connectivity index (χ0v) is 15.0. The van der Waals surface area contributed by atoms with Crippen LogP contribution in [0.1, 0.15) is 10.6 Å². The monoisotopic (exact) mass is 414 g/mol. The molecule has 1 aliphatic rings. The number of furan rings is 1. The molecular weight excluding hydrogens is 400 g/mol. The molecule has 128 valence electrons. The van der Waals surface area contributed by atoms with Gasteiger partial charge < -0.3 is 15.1 Å². The quantitative estimate of drug-likeness (QED) is 0.800. The summed E-state index contributed by atoms with van der Waals surface area (Å²) < 4.78 is 32.4. The lowest BCUT2D eigenvalue weighted by molar-refractivity contribution is 0.0968. The average Bonchev–Trinajstić information content (AvgIpc) is 3.07. The van der Waals surface area contributed by atoms with Gasteiger partial charge in [-0.2, -0.15) is 4.31 Å². The fraction of sp³-hybridized carbons (Fsp3) is 0.286. The number of nitrogens with zero attached hydrogens (tertiary/aromatic N) is 3. The number of hydrogen-bond donors (Lipinski definition) is 1.